The number of hydrogen-bond donors (Lipinski definition) is 1. The Labute approximate surface area is 118 Å². The van der Waals surface area contributed by atoms with Crippen LogP contribution in [0.1, 0.15) is 16.8 Å². The quantitative estimate of drug-likeness (QED) is 0.853. The van der Waals surface area contributed by atoms with Gasteiger partial charge in [-0.05, 0) is 25.1 Å². The Morgan fingerprint density at radius 3 is 2.84 bits per heavy atom. The third kappa shape index (κ3) is 3.47. The van der Waals surface area contributed by atoms with Crippen LogP contribution in [0.2, 0.25) is 5.02 Å². The van der Waals surface area contributed by atoms with Gasteiger partial charge in [0, 0.05) is 31.7 Å². The molecule has 0 unspecified atom stereocenters. The van der Waals surface area contributed by atoms with Gasteiger partial charge in [0.2, 0.25) is 0 Å². The van der Waals surface area contributed by atoms with Crippen molar-refractivity contribution in [2.24, 2.45) is 0 Å². The van der Waals surface area contributed by atoms with Crippen molar-refractivity contribution in [2.45, 2.75) is 6.42 Å². The highest BCUT2D eigenvalue weighted by atomic mass is 35.5. The highest BCUT2D eigenvalue weighted by Gasteiger charge is 2.18. The molecule has 5 heteroatoms. The van der Waals surface area contributed by atoms with Gasteiger partial charge in [-0.3, -0.25) is 9.69 Å². The smallest absolute Gasteiger partial charge is 0.152 e. The minimum absolute atomic E-state index is 0.186. The van der Waals surface area contributed by atoms with Crippen LogP contribution in [0.15, 0.2) is 18.2 Å². The molecule has 4 nitrogen and oxygen atoms in total. The SMILES string of the molecule is O=Cc1cccc(Cl)c1N1CCCN(CCO)CC1. The predicted molar refractivity (Wildman–Crippen MR) is 77.2 cm³/mol. The van der Waals surface area contributed by atoms with E-state index in [1.165, 1.54) is 0 Å². The second-order valence-corrected chi connectivity index (χ2v) is 5.11. The van der Waals surface area contributed by atoms with E-state index in [2.05, 4.69) is 9.80 Å². The van der Waals surface area contributed by atoms with Gasteiger partial charge >= 0.3 is 0 Å². The largest absolute Gasteiger partial charge is 0.395 e. The first-order valence-corrected chi connectivity index (χ1v) is 6.96. The molecule has 0 bridgehead atoms. The summed E-state index contributed by atoms with van der Waals surface area (Å²) >= 11 is 6.24. The van der Waals surface area contributed by atoms with Gasteiger partial charge in [-0.25, -0.2) is 0 Å². The number of benzene rings is 1. The maximum atomic E-state index is 11.1. The highest BCUT2D eigenvalue weighted by molar-refractivity contribution is 6.33. The summed E-state index contributed by atoms with van der Waals surface area (Å²) in [5, 5.41) is 9.62. The third-order valence-corrected chi connectivity index (χ3v) is 3.77. The summed E-state index contributed by atoms with van der Waals surface area (Å²) in [6, 6.07) is 5.41. The molecular formula is C14H19ClN2O2. The molecule has 0 radical (unpaired) electrons. The maximum Gasteiger partial charge on any atom is 0.152 e. The number of aliphatic hydroxyl groups excluding tert-OH is 1. The fourth-order valence-corrected chi connectivity index (χ4v) is 2.82. The molecule has 1 aromatic carbocycles. The molecule has 0 spiro atoms. The highest BCUT2D eigenvalue weighted by Crippen LogP contribution is 2.29. The average molecular weight is 283 g/mol. The zero-order chi connectivity index (χ0) is 13.7. The van der Waals surface area contributed by atoms with Crippen LogP contribution in [-0.4, -0.2) is 55.6 Å². The molecule has 0 amide bonds. The van der Waals surface area contributed by atoms with Gasteiger partial charge in [-0.15, -0.1) is 0 Å². The van der Waals surface area contributed by atoms with Gasteiger partial charge in [0.15, 0.2) is 6.29 Å². The Bertz CT molecular complexity index is 439. The van der Waals surface area contributed by atoms with E-state index < -0.39 is 0 Å². The van der Waals surface area contributed by atoms with Crippen molar-refractivity contribution >= 4 is 23.6 Å². The minimum Gasteiger partial charge on any atom is -0.395 e. The molecule has 0 aromatic heterocycles. The lowest BCUT2D eigenvalue weighted by Crippen LogP contribution is -2.32. The number of aldehydes is 1. The molecule has 0 atom stereocenters. The van der Waals surface area contributed by atoms with Crippen LogP contribution in [0.4, 0.5) is 5.69 Å². The third-order valence-electron chi connectivity index (χ3n) is 3.47. The summed E-state index contributed by atoms with van der Waals surface area (Å²) in [5.41, 5.74) is 1.48. The van der Waals surface area contributed by atoms with Crippen LogP contribution in [0.5, 0.6) is 0 Å². The number of carbonyl (C=O) groups is 1. The number of anilines is 1. The standard InChI is InChI=1S/C14H19ClN2O2/c15-13-4-1-3-12(11-19)14(13)17-6-2-5-16(7-8-17)9-10-18/h1,3-4,11,18H,2,5-10H2. The lowest BCUT2D eigenvalue weighted by atomic mass is 10.1. The lowest BCUT2D eigenvalue weighted by Gasteiger charge is -2.25. The summed E-state index contributed by atoms with van der Waals surface area (Å²) in [6.07, 6.45) is 1.86. The Balaban J connectivity index is 2.16. The zero-order valence-corrected chi connectivity index (χ0v) is 11.6. The molecule has 1 saturated heterocycles. The topological polar surface area (TPSA) is 43.8 Å². The van der Waals surface area contributed by atoms with E-state index in [1.807, 2.05) is 6.07 Å². The molecule has 1 N–H and O–H groups in total. The van der Waals surface area contributed by atoms with Crippen LogP contribution in [-0.2, 0) is 0 Å². The first-order chi connectivity index (χ1) is 9.26. The van der Waals surface area contributed by atoms with E-state index in [9.17, 15) is 4.79 Å². The van der Waals surface area contributed by atoms with Gasteiger partial charge in [0.25, 0.3) is 0 Å². The van der Waals surface area contributed by atoms with Crippen molar-refractivity contribution in [3.63, 3.8) is 0 Å². The van der Waals surface area contributed by atoms with Crippen LogP contribution in [0.25, 0.3) is 0 Å². The fraction of sp³-hybridized carbons (Fsp3) is 0.500. The Kier molecular flexibility index (Phi) is 5.19. The number of β-amino-alcohol motifs (C(OH)–C–C–N with tert-alkyl or cyclic N) is 1. The van der Waals surface area contributed by atoms with Crippen molar-refractivity contribution in [3.05, 3.63) is 28.8 Å². The van der Waals surface area contributed by atoms with E-state index in [-0.39, 0.29) is 6.61 Å². The summed E-state index contributed by atoms with van der Waals surface area (Å²) in [6.45, 7) is 4.45. The second-order valence-electron chi connectivity index (χ2n) is 4.70. The van der Waals surface area contributed by atoms with Crippen LogP contribution in [0.3, 0.4) is 0 Å². The summed E-state index contributed by atoms with van der Waals surface area (Å²) < 4.78 is 0. The van der Waals surface area contributed by atoms with E-state index in [4.69, 9.17) is 16.7 Å². The number of aliphatic hydroxyl groups is 1. The van der Waals surface area contributed by atoms with E-state index >= 15 is 0 Å². The summed E-state index contributed by atoms with van der Waals surface area (Å²) in [4.78, 5) is 15.5. The number of para-hydroxylation sites is 1. The van der Waals surface area contributed by atoms with Crippen molar-refractivity contribution in [2.75, 3.05) is 44.2 Å². The molecule has 1 aliphatic rings. The number of nitrogens with zero attached hydrogens (tertiary/aromatic N) is 2. The van der Waals surface area contributed by atoms with Crippen LogP contribution < -0.4 is 4.90 Å². The molecule has 19 heavy (non-hydrogen) atoms. The van der Waals surface area contributed by atoms with Gasteiger partial charge < -0.3 is 10.0 Å². The van der Waals surface area contributed by atoms with Gasteiger partial charge in [0.1, 0.15) is 0 Å². The fourth-order valence-electron chi connectivity index (χ4n) is 2.52. The molecular weight excluding hydrogens is 264 g/mol. The molecule has 0 saturated carbocycles. The molecule has 1 heterocycles. The zero-order valence-electron chi connectivity index (χ0n) is 10.9. The van der Waals surface area contributed by atoms with Crippen molar-refractivity contribution in [1.82, 2.24) is 4.90 Å². The molecule has 2 rings (SSSR count). The van der Waals surface area contributed by atoms with Crippen molar-refractivity contribution in [3.8, 4) is 0 Å². The Morgan fingerprint density at radius 2 is 2.11 bits per heavy atom. The predicted octanol–water partition coefficient (Wildman–Crippen LogP) is 1.66. The molecule has 1 aromatic rings. The Hall–Kier alpha value is -1.10. The second kappa shape index (κ2) is 6.89. The summed E-state index contributed by atoms with van der Waals surface area (Å²) in [7, 11) is 0. The normalized spacial score (nSPS) is 17.3. The van der Waals surface area contributed by atoms with Gasteiger partial charge in [-0.2, -0.15) is 0 Å². The number of halogens is 1. The Morgan fingerprint density at radius 1 is 1.26 bits per heavy atom. The molecule has 0 aliphatic carbocycles. The maximum absolute atomic E-state index is 11.1. The minimum atomic E-state index is 0.186. The number of hydrogen-bond acceptors (Lipinski definition) is 4. The van der Waals surface area contributed by atoms with Crippen molar-refractivity contribution in [1.29, 1.82) is 0 Å². The number of rotatable bonds is 4. The lowest BCUT2D eigenvalue weighted by molar-refractivity contribution is 0.112. The molecule has 104 valence electrons. The molecule has 1 fully saturated rings. The first-order valence-electron chi connectivity index (χ1n) is 6.58. The monoisotopic (exact) mass is 282 g/mol. The van der Waals surface area contributed by atoms with E-state index in [0.717, 1.165) is 44.6 Å². The first kappa shape index (κ1) is 14.3. The van der Waals surface area contributed by atoms with Crippen LogP contribution in [0, 0.1) is 0 Å². The summed E-state index contributed by atoms with van der Waals surface area (Å²) in [5.74, 6) is 0. The van der Waals surface area contributed by atoms with Gasteiger partial charge in [-0.1, -0.05) is 17.7 Å². The van der Waals surface area contributed by atoms with Crippen molar-refractivity contribution < 1.29 is 9.90 Å². The van der Waals surface area contributed by atoms with E-state index in [0.29, 0.717) is 17.1 Å². The van der Waals surface area contributed by atoms with Crippen LogP contribution >= 0.6 is 11.6 Å². The molecule has 1 aliphatic heterocycles. The van der Waals surface area contributed by atoms with Gasteiger partial charge in [0.05, 0.1) is 17.3 Å². The number of carbonyl (C=O) groups excluding carboxylic acids is 1. The van der Waals surface area contributed by atoms with E-state index in [1.54, 1.807) is 12.1 Å². The average Bonchev–Trinajstić information content (AvgIpc) is 2.64.